The largest absolute Gasteiger partial charge is 0.343 e. The Balaban J connectivity index is 2.79. The average molecular weight is 190 g/mol. The van der Waals surface area contributed by atoms with E-state index in [1.807, 2.05) is 31.9 Å². The quantitative estimate of drug-likeness (QED) is 0.723. The summed E-state index contributed by atoms with van der Waals surface area (Å²) in [5.74, 6) is 0.692. The second kappa shape index (κ2) is 4.56. The molecule has 4 heteroatoms. The second-order valence-electron chi connectivity index (χ2n) is 3.28. The van der Waals surface area contributed by atoms with Gasteiger partial charge in [-0.1, -0.05) is 0 Å². The fourth-order valence-electron chi connectivity index (χ4n) is 1.20. The molecule has 1 aromatic rings. The van der Waals surface area contributed by atoms with E-state index in [-0.39, 0.29) is 0 Å². The SMILES string of the molecule is Cc1cc(C)nc(N(C)CCC#N)n1. The molecule has 0 bridgehead atoms. The van der Waals surface area contributed by atoms with E-state index in [1.54, 1.807) is 0 Å². The topological polar surface area (TPSA) is 52.8 Å². The minimum Gasteiger partial charge on any atom is -0.343 e. The van der Waals surface area contributed by atoms with Crippen LogP contribution in [-0.4, -0.2) is 23.6 Å². The van der Waals surface area contributed by atoms with Gasteiger partial charge in [0.15, 0.2) is 0 Å². The number of hydrogen-bond acceptors (Lipinski definition) is 4. The van der Waals surface area contributed by atoms with Gasteiger partial charge in [-0.05, 0) is 19.9 Å². The van der Waals surface area contributed by atoms with Crippen LogP contribution in [0, 0.1) is 25.2 Å². The first kappa shape index (κ1) is 10.5. The van der Waals surface area contributed by atoms with Crippen molar-refractivity contribution in [3.63, 3.8) is 0 Å². The molecule has 14 heavy (non-hydrogen) atoms. The standard InChI is InChI=1S/C10H14N4/c1-8-7-9(2)13-10(12-8)14(3)6-4-5-11/h7H,4,6H2,1-3H3. The van der Waals surface area contributed by atoms with E-state index in [0.29, 0.717) is 18.9 Å². The molecular formula is C10H14N4. The van der Waals surface area contributed by atoms with Crippen molar-refractivity contribution in [3.8, 4) is 6.07 Å². The molecule has 4 nitrogen and oxygen atoms in total. The maximum absolute atomic E-state index is 8.45. The van der Waals surface area contributed by atoms with Gasteiger partial charge in [0.2, 0.25) is 5.95 Å². The molecule has 0 aliphatic rings. The zero-order valence-corrected chi connectivity index (χ0v) is 8.78. The summed E-state index contributed by atoms with van der Waals surface area (Å²) >= 11 is 0. The van der Waals surface area contributed by atoms with Gasteiger partial charge in [0.25, 0.3) is 0 Å². The van der Waals surface area contributed by atoms with Gasteiger partial charge in [-0.25, -0.2) is 9.97 Å². The number of hydrogen-bond donors (Lipinski definition) is 0. The van der Waals surface area contributed by atoms with Crippen molar-refractivity contribution >= 4 is 5.95 Å². The van der Waals surface area contributed by atoms with Crippen LogP contribution in [0.25, 0.3) is 0 Å². The second-order valence-corrected chi connectivity index (χ2v) is 3.28. The van der Waals surface area contributed by atoms with Crippen molar-refractivity contribution in [1.29, 1.82) is 5.26 Å². The third-order valence-electron chi connectivity index (χ3n) is 1.87. The summed E-state index contributed by atoms with van der Waals surface area (Å²) < 4.78 is 0. The van der Waals surface area contributed by atoms with Gasteiger partial charge < -0.3 is 4.90 Å². The third kappa shape index (κ3) is 2.70. The monoisotopic (exact) mass is 190 g/mol. The van der Waals surface area contributed by atoms with Crippen molar-refractivity contribution in [1.82, 2.24) is 9.97 Å². The van der Waals surface area contributed by atoms with Crippen molar-refractivity contribution in [2.24, 2.45) is 0 Å². The van der Waals surface area contributed by atoms with Gasteiger partial charge in [0, 0.05) is 25.0 Å². The molecule has 0 fully saturated rings. The number of aryl methyl sites for hydroxylation is 2. The van der Waals surface area contributed by atoms with Crippen LogP contribution in [0.15, 0.2) is 6.07 Å². The molecule has 0 aromatic carbocycles. The molecule has 0 aliphatic heterocycles. The molecule has 0 amide bonds. The van der Waals surface area contributed by atoms with E-state index in [2.05, 4.69) is 16.0 Å². The van der Waals surface area contributed by atoms with Gasteiger partial charge in [-0.15, -0.1) is 0 Å². The van der Waals surface area contributed by atoms with E-state index in [0.717, 1.165) is 11.4 Å². The number of aromatic nitrogens is 2. The molecule has 0 saturated heterocycles. The number of nitriles is 1. The van der Waals surface area contributed by atoms with Crippen LogP contribution in [-0.2, 0) is 0 Å². The normalized spacial score (nSPS) is 9.57. The van der Waals surface area contributed by atoms with Crippen LogP contribution in [0.4, 0.5) is 5.95 Å². The predicted octanol–water partition coefficient (Wildman–Crippen LogP) is 1.44. The lowest BCUT2D eigenvalue weighted by Gasteiger charge is -2.15. The zero-order valence-electron chi connectivity index (χ0n) is 8.78. The highest BCUT2D eigenvalue weighted by molar-refractivity contribution is 5.30. The van der Waals surface area contributed by atoms with Crippen LogP contribution < -0.4 is 4.90 Å². The molecule has 0 spiro atoms. The van der Waals surface area contributed by atoms with Crippen LogP contribution >= 0.6 is 0 Å². The number of nitrogens with zero attached hydrogens (tertiary/aromatic N) is 4. The van der Waals surface area contributed by atoms with Gasteiger partial charge in [-0.2, -0.15) is 5.26 Å². The molecule has 0 atom stereocenters. The van der Waals surface area contributed by atoms with E-state index in [4.69, 9.17) is 5.26 Å². The van der Waals surface area contributed by atoms with E-state index in [9.17, 15) is 0 Å². The van der Waals surface area contributed by atoms with Crippen molar-refractivity contribution < 1.29 is 0 Å². The first-order valence-electron chi connectivity index (χ1n) is 4.54. The summed E-state index contributed by atoms with van der Waals surface area (Å²) in [6, 6.07) is 4.03. The van der Waals surface area contributed by atoms with Gasteiger partial charge in [-0.3, -0.25) is 0 Å². The first-order valence-corrected chi connectivity index (χ1v) is 4.54. The van der Waals surface area contributed by atoms with Gasteiger partial charge in [0.05, 0.1) is 12.5 Å². The Morgan fingerprint density at radius 3 is 2.43 bits per heavy atom. The third-order valence-corrected chi connectivity index (χ3v) is 1.87. The molecule has 0 radical (unpaired) electrons. The number of anilines is 1. The van der Waals surface area contributed by atoms with Crippen LogP contribution in [0.5, 0.6) is 0 Å². The Hall–Kier alpha value is -1.63. The lowest BCUT2D eigenvalue weighted by Crippen LogP contribution is -2.21. The molecule has 1 heterocycles. The summed E-state index contributed by atoms with van der Waals surface area (Å²) in [5.41, 5.74) is 1.91. The maximum Gasteiger partial charge on any atom is 0.225 e. The van der Waals surface area contributed by atoms with Gasteiger partial charge in [0.1, 0.15) is 0 Å². The highest BCUT2D eigenvalue weighted by Gasteiger charge is 2.04. The predicted molar refractivity (Wildman–Crippen MR) is 55.0 cm³/mol. The first-order chi connectivity index (χ1) is 6.63. The molecule has 1 aromatic heterocycles. The highest BCUT2D eigenvalue weighted by atomic mass is 15.2. The van der Waals surface area contributed by atoms with E-state index >= 15 is 0 Å². The van der Waals surface area contributed by atoms with Crippen molar-refractivity contribution in [3.05, 3.63) is 17.5 Å². The maximum atomic E-state index is 8.45. The fourth-order valence-corrected chi connectivity index (χ4v) is 1.20. The minimum atomic E-state index is 0.493. The Kier molecular flexibility index (Phi) is 3.41. The molecule has 0 unspecified atom stereocenters. The lowest BCUT2D eigenvalue weighted by molar-refractivity contribution is 0.846. The van der Waals surface area contributed by atoms with Crippen LogP contribution in [0.2, 0.25) is 0 Å². The lowest BCUT2D eigenvalue weighted by atomic mass is 10.3. The Labute approximate surface area is 84.2 Å². The summed E-state index contributed by atoms with van der Waals surface area (Å²) in [6.45, 7) is 4.55. The van der Waals surface area contributed by atoms with E-state index < -0.39 is 0 Å². The van der Waals surface area contributed by atoms with Crippen LogP contribution in [0.3, 0.4) is 0 Å². The molecular weight excluding hydrogens is 176 g/mol. The summed E-state index contributed by atoms with van der Waals surface area (Å²) in [4.78, 5) is 10.5. The molecule has 0 aliphatic carbocycles. The number of rotatable bonds is 3. The summed E-state index contributed by atoms with van der Waals surface area (Å²) in [6.07, 6.45) is 0.493. The van der Waals surface area contributed by atoms with Crippen molar-refractivity contribution in [2.45, 2.75) is 20.3 Å². The molecule has 1 rings (SSSR count). The van der Waals surface area contributed by atoms with Crippen molar-refractivity contribution in [2.75, 3.05) is 18.5 Å². The fraction of sp³-hybridized carbons (Fsp3) is 0.500. The summed E-state index contributed by atoms with van der Waals surface area (Å²) in [5, 5.41) is 8.45. The Morgan fingerprint density at radius 2 is 1.93 bits per heavy atom. The van der Waals surface area contributed by atoms with Crippen LogP contribution in [0.1, 0.15) is 17.8 Å². The van der Waals surface area contributed by atoms with Gasteiger partial charge >= 0.3 is 0 Å². The molecule has 0 N–H and O–H groups in total. The highest BCUT2D eigenvalue weighted by Crippen LogP contribution is 2.07. The van der Waals surface area contributed by atoms with E-state index in [1.165, 1.54) is 0 Å². The Morgan fingerprint density at radius 1 is 1.36 bits per heavy atom. The summed E-state index contributed by atoms with van der Waals surface area (Å²) in [7, 11) is 1.89. The zero-order chi connectivity index (χ0) is 10.6. The minimum absolute atomic E-state index is 0.493. The molecule has 0 saturated carbocycles. The smallest absolute Gasteiger partial charge is 0.225 e. The Bertz CT molecular complexity index is 333. The molecule has 74 valence electrons. The average Bonchev–Trinajstić information content (AvgIpc) is 2.12.